The number of ether oxygens (including phenoxy) is 1. The van der Waals surface area contributed by atoms with Crippen LogP contribution in [0, 0.1) is 20.8 Å². The summed E-state index contributed by atoms with van der Waals surface area (Å²) in [6.45, 7) is 5.85. The Labute approximate surface area is 162 Å². The van der Waals surface area contributed by atoms with E-state index in [1.807, 2.05) is 45.0 Å². The monoisotopic (exact) mass is 383 g/mol. The van der Waals surface area contributed by atoms with Crippen molar-refractivity contribution in [3.05, 3.63) is 53.6 Å². The molecule has 0 radical (unpaired) electrons. The Kier molecular flexibility index (Phi) is 5.75. The van der Waals surface area contributed by atoms with Crippen LogP contribution < -0.4 is 10.1 Å². The largest absolute Gasteiger partial charge is 0.495 e. The van der Waals surface area contributed by atoms with E-state index in [9.17, 15) is 4.79 Å². The van der Waals surface area contributed by atoms with E-state index in [4.69, 9.17) is 4.74 Å². The summed E-state index contributed by atoms with van der Waals surface area (Å²) < 4.78 is 7.04. The highest BCUT2D eigenvalue weighted by atomic mass is 32.2. The fourth-order valence-electron chi connectivity index (χ4n) is 2.65. The number of hydrogen-bond donors (Lipinski definition) is 1. The molecule has 0 atom stereocenters. The van der Waals surface area contributed by atoms with Gasteiger partial charge in [-0.05, 0) is 44.5 Å². The molecule has 7 nitrogen and oxygen atoms in total. The van der Waals surface area contributed by atoms with Crippen LogP contribution in [0.4, 0.5) is 5.69 Å². The lowest BCUT2D eigenvalue weighted by atomic mass is 10.2. The van der Waals surface area contributed by atoms with Crippen molar-refractivity contribution in [2.45, 2.75) is 25.8 Å². The molecule has 0 saturated heterocycles. The SMILES string of the molecule is COc1ccc(C)cc1NC(=O)CSc1nccnc1-n1nc(C)cc1C. The summed E-state index contributed by atoms with van der Waals surface area (Å²) in [6, 6.07) is 7.62. The summed E-state index contributed by atoms with van der Waals surface area (Å²) in [7, 11) is 1.58. The van der Waals surface area contributed by atoms with E-state index in [1.165, 1.54) is 11.8 Å². The van der Waals surface area contributed by atoms with Gasteiger partial charge in [0.2, 0.25) is 5.91 Å². The van der Waals surface area contributed by atoms with Gasteiger partial charge < -0.3 is 10.1 Å². The standard InChI is InChI=1S/C19H21N5O2S/c1-12-5-6-16(26-4)15(9-12)22-17(25)11-27-19-18(20-7-8-21-19)24-14(3)10-13(2)23-24/h5-10H,11H2,1-4H3,(H,22,25). The number of aromatic nitrogens is 4. The summed E-state index contributed by atoms with van der Waals surface area (Å²) in [4.78, 5) is 21.2. The van der Waals surface area contributed by atoms with Gasteiger partial charge in [0, 0.05) is 18.1 Å². The highest BCUT2D eigenvalue weighted by Crippen LogP contribution is 2.27. The molecule has 140 valence electrons. The van der Waals surface area contributed by atoms with Gasteiger partial charge in [-0.3, -0.25) is 4.79 Å². The first kappa shape index (κ1) is 18.9. The van der Waals surface area contributed by atoms with E-state index in [-0.39, 0.29) is 11.7 Å². The van der Waals surface area contributed by atoms with Gasteiger partial charge in [-0.1, -0.05) is 17.8 Å². The molecule has 0 aliphatic rings. The molecular formula is C19H21N5O2S. The van der Waals surface area contributed by atoms with Crippen LogP contribution in [0.1, 0.15) is 17.0 Å². The Balaban J connectivity index is 1.73. The number of thioether (sulfide) groups is 1. The highest BCUT2D eigenvalue weighted by molar-refractivity contribution is 8.00. The lowest BCUT2D eigenvalue weighted by Gasteiger charge is -2.11. The molecule has 0 unspecified atom stereocenters. The van der Waals surface area contributed by atoms with Gasteiger partial charge in [0.05, 0.1) is 24.2 Å². The van der Waals surface area contributed by atoms with Crippen molar-refractivity contribution in [3.8, 4) is 11.6 Å². The van der Waals surface area contributed by atoms with Crippen LogP contribution >= 0.6 is 11.8 Å². The number of carbonyl (C=O) groups is 1. The minimum Gasteiger partial charge on any atom is -0.495 e. The predicted octanol–water partition coefficient (Wildman–Crippen LogP) is 3.33. The van der Waals surface area contributed by atoms with E-state index < -0.39 is 0 Å². The van der Waals surface area contributed by atoms with Crippen LogP contribution in [0.5, 0.6) is 5.75 Å². The Bertz CT molecular complexity index is 970. The molecule has 0 fully saturated rings. The molecule has 3 aromatic rings. The van der Waals surface area contributed by atoms with E-state index in [0.29, 0.717) is 22.3 Å². The summed E-state index contributed by atoms with van der Waals surface area (Å²) in [5.74, 6) is 1.30. The molecule has 2 heterocycles. The van der Waals surface area contributed by atoms with E-state index >= 15 is 0 Å². The maximum absolute atomic E-state index is 12.4. The van der Waals surface area contributed by atoms with Crippen molar-refractivity contribution in [2.75, 3.05) is 18.2 Å². The minimum atomic E-state index is -0.145. The lowest BCUT2D eigenvalue weighted by Crippen LogP contribution is -2.15. The van der Waals surface area contributed by atoms with Gasteiger partial charge in [0.25, 0.3) is 0 Å². The fourth-order valence-corrected chi connectivity index (χ4v) is 3.39. The number of methoxy groups -OCH3 is 1. The number of rotatable bonds is 6. The second-order valence-corrected chi connectivity index (χ2v) is 7.03. The van der Waals surface area contributed by atoms with E-state index in [2.05, 4.69) is 20.4 Å². The van der Waals surface area contributed by atoms with Crippen LogP contribution in [0.3, 0.4) is 0 Å². The van der Waals surface area contributed by atoms with Crippen molar-refractivity contribution in [2.24, 2.45) is 0 Å². The molecule has 0 bridgehead atoms. The molecule has 2 aromatic heterocycles. The normalized spacial score (nSPS) is 10.7. The average Bonchev–Trinajstić information content (AvgIpc) is 2.98. The zero-order valence-electron chi connectivity index (χ0n) is 15.7. The number of carbonyl (C=O) groups excluding carboxylic acids is 1. The molecule has 27 heavy (non-hydrogen) atoms. The zero-order chi connectivity index (χ0) is 19.4. The summed E-state index contributed by atoms with van der Waals surface area (Å²) in [5, 5.41) is 7.99. The van der Waals surface area contributed by atoms with Crippen LogP contribution in [-0.2, 0) is 4.79 Å². The number of hydrogen-bond acceptors (Lipinski definition) is 6. The average molecular weight is 383 g/mol. The number of anilines is 1. The first-order valence-electron chi connectivity index (χ1n) is 8.40. The highest BCUT2D eigenvalue weighted by Gasteiger charge is 2.14. The third-order valence-corrected chi connectivity index (χ3v) is 4.79. The Morgan fingerprint density at radius 1 is 1.19 bits per heavy atom. The van der Waals surface area contributed by atoms with Gasteiger partial charge in [-0.15, -0.1) is 0 Å². The first-order chi connectivity index (χ1) is 13.0. The van der Waals surface area contributed by atoms with Crippen molar-refractivity contribution in [3.63, 3.8) is 0 Å². The molecule has 0 aliphatic carbocycles. The van der Waals surface area contributed by atoms with Crippen molar-refractivity contribution >= 4 is 23.4 Å². The molecule has 1 amide bonds. The maximum Gasteiger partial charge on any atom is 0.234 e. The predicted molar refractivity (Wildman–Crippen MR) is 106 cm³/mol. The van der Waals surface area contributed by atoms with Gasteiger partial charge >= 0.3 is 0 Å². The topological polar surface area (TPSA) is 81.9 Å². The third kappa shape index (κ3) is 4.46. The van der Waals surface area contributed by atoms with Crippen LogP contribution in [0.25, 0.3) is 5.82 Å². The van der Waals surface area contributed by atoms with Crippen LogP contribution in [0.15, 0.2) is 41.7 Å². The number of nitrogens with one attached hydrogen (secondary N) is 1. The zero-order valence-corrected chi connectivity index (χ0v) is 16.5. The number of amides is 1. The van der Waals surface area contributed by atoms with Crippen molar-refractivity contribution in [1.29, 1.82) is 0 Å². The number of benzene rings is 1. The van der Waals surface area contributed by atoms with Gasteiger partial charge in [-0.25, -0.2) is 14.6 Å². The maximum atomic E-state index is 12.4. The third-order valence-electron chi connectivity index (χ3n) is 3.83. The number of nitrogens with zero attached hydrogens (tertiary/aromatic N) is 4. The smallest absolute Gasteiger partial charge is 0.234 e. The fraction of sp³-hybridized carbons (Fsp3) is 0.263. The van der Waals surface area contributed by atoms with Gasteiger partial charge in [0.15, 0.2) is 5.82 Å². The summed E-state index contributed by atoms with van der Waals surface area (Å²) in [6.07, 6.45) is 3.23. The molecule has 1 aromatic carbocycles. The van der Waals surface area contributed by atoms with Crippen LogP contribution in [-0.4, -0.2) is 38.5 Å². The second kappa shape index (κ2) is 8.22. The molecule has 0 saturated carbocycles. The Morgan fingerprint density at radius 3 is 2.67 bits per heavy atom. The van der Waals surface area contributed by atoms with Crippen molar-refractivity contribution in [1.82, 2.24) is 19.7 Å². The summed E-state index contributed by atoms with van der Waals surface area (Å²) >= 11 is 1.32. The van der Waals surface area contributed by atoms with E-state index in [1.54, 1.807) is 24.2 Å². The van der Waals surface area contributed by atoms with Crippen LogP contribution in [0.2, 0.25) is 0 Å². The molecule has 3 rings (SSSR count). The Hall–Kier alpha value is -2.87. The Morgan fingerprint density at radius 2 is 1.96 bits per heavy atom. The molecule has 0 spiro atoms. The first-order valence-corrected chi connectivity index (χ1v) is 9.38. The quantitative estimate of drug-likeness (QED) is 0.658. The minimum absolute atomic E-state index is 0.145. The molecular weight excluding hydrogens is 362 g/mol. The van der Waals surface area contributed by atoms with Gasteiger partial charge in [0.1, 0.15) is 10.8 Å². The van der Waals surface area contributed by atoms with Gasteiger partial charge in [-0.2, -0.15) is 5.10 Å². The molecule has 0 aliphatic heterocycles. The molecule has 1 N–H and O–H groups in total. The van der Waals surface area contributed by atoms with E-state index in [0.717, 1.165) is 17.0 Å². The number of aryl methyl sites for hydroxylation is 3. The van der Waals surface area contributed by atoms with Crippen molar-refractivity contribution < 1.29 is 9.53 Å². The summed E-state index contributed by atoms with van der Waals surface area (Å²) in [5.41, 5.74) is 3.56. The lowest BCUT2D eigenvalue weighted by molar-refractivity contribution is -0.113. The molecule has 8 heteroatoms. The second-order valence-electron chi connectivity index (χ2n) is 6.06.